The molecule has 0 aliphatic rings. The molecule has 102 valence electrons. The second-order valence-corrected chi connectivity index (χ2v) is 5.22. The van der Waals surface area contributed by atoms with E-state index in [0.717, 1.165) is 37.3 Å². The molecule has 0 atom stereocenters. The molecule has 0 radical (unpaired) electrons. The summed E-state index contributed by atoms with van der Waals surface area (Å²) in [6, 6.07) is 5.32. The Bertz CT molecular complexity index is 369. The zero-order chi connectivity index (χ0) is 13.5. The molecule has 0 spiro atoms. The van der Waals surface area contributed by atoms with E-state index in [0.29, 0.717) is 5.33 Å². The minimum Gasteiger partial charge on any atom is -0.370 e. The normalized spacial score (nSPS) is 11.0. The van der Waals surface area contributed by atoms with Crippen LogP contribution in [-0.4, -0.2) is 38.6 Å². The van der Waals surface area contributed by atoms with Crippen LogP contribution in [-0.2, 0) is 5.33 Å². The fourth-order valence-corrected chi connectivity index (χ4v) is 2.47. The van der Waals surface area contributed by atoms with Crippen LogP contribution < -0.4 is 4.90 Å². The largest absolute Gasteiger partial charge is 0.370 e. The lowest BCUT2D eigenvalue weighted by atomic mass is 10.1. The summed E-state index contributed by atoms with van der Waals surface area (Å²) in [6.07, 6.45) is 1.06. The number of hydrogen-bond acceptors (Lipinski definition) is 2. The number of hydrogen-bond donors (Lipinski definition) is 0. The molecule has 0 saturated carbocycles. The highest BCUT2D eigenvalue weighted by atomic mass is 79.9. The zero-order valence-corrected chi connectivity index (χ0v) is 13.0. The fourth-order valence-electron chi connectivity index (χ4n) is 1.92. The summed E-state index contributed by atoms with van der Waals surface area (Å²) in [5.74, 6) is -0.129. The number of alkyl halides is 1. The number of anilines is 1. The Kier molecular flexibility index (Phi) is 6.65. The Morgan fingerprint density at radius 2 is 1.89 bits per heavy atom. The van der Waals surface area contributed by atoms with Gasteiger partial charge in [-0.25, -0.2) is 4.39 Å². The summed E-state index contributed by atoms with van der Waals surface area (Å²) in [6.45, 7) is 5.00. The van der Waals surface area contributed by atoms with Gasteiger partial charge in [0.25, 0.3) is 0 Å². The van der Waals surface area contributed by atoms with Gasteiger partial charge >= 0.3 is 0 Å². The van der Waals surface area contributed by atoms with Gasteiger partial charge in [-0.2, -0.15) is 0 Å². The summed E-state index contributed by atoms with van der Waals surface area (Å²) in [7, 11) is 4.11. The Morgan fingerprint density at radius 3 is 2.44 bits per heavy atom. The van der Waals surface area contributed by atoms with Crippen LogP contribution in [0.15, 0.2) is 18.2 Å². The molecule has 0 aliphatic heterocycles. The highest BCUT2D eigenvalue weighted by molar-refractivity contribution is 9.08. The molecule has 0 heterocycles. The quantitative estimate of drug-likeness (QED) is 0.710. The first-order chi connectivity index (χ1) is 8.60. The first-order valence-electron chi connectivity index (χ1n) is 6.33. The lowest BCUT2D eigenvalue weighted by molar-refractivity contribution is 0.412. The average Bonchev–Trinajstić information content (AvgIpc) is 2.34. The predicted octanol–water partition coefficient (Wildman–Crippen LogP) is 3.50. The van der Waals surface area contributed by atoms with Crippen molar-refractivity contribution in [3.63, 3.8) is 0 Å². The minimum atomic E-state index is -0.129. The summed E-state index contributed by atoms with van der Waals surface area (Å²) >= 11 is 3.38. The second-order valence-electron chi connectivity index (χ2n) is 4.66. The first kappa shape index (κ1) is 15.4. The molecule has 0 aliphatic carbocycles. The lowest BCUT2D eigenvalue weighted by Crippen LogP contribution is -2.33. The molecule has 2 nitrogen and oxygen atoms in total. The number of halogens is 2. The molecule has 0 bridgehead atoms. The van der Waals surface area contributed by atoms with E-state index in [1.54, 1.807) is 6.07 Å². The van der Waals surface area contributed by atoms with Crippen molar-refractivity contribution in [2.24, 2.45) is 0 Å². The maximum Gasteiger partial charge on any atom is 0.129 e. The molecule has 18 heavy (non-hydrogen) atoms. The van der Waals surface area contributed by atoms with E-state index in [1.165, 1.54) is 6.07 Å². The zero-order valence-electron chi connectivity index (χ0n) is 11.4. The van der Waals surface area contributed by atoms with Crippen LogP contribution in [0.4, 0.5) is 10.1 Å². The molecule has 4 heteroatoms. The average molecular weight is 317 g/mol. The Morgan fingerprint density at radius 1 is 1.17 bits per heavy atom. The van der Waals surface area contributed by atoms with Crippen LogP contribution in [0.5, 0.6) is 0 Å². The van der Waals surface area contributed by atoms with Crippen molar-refractivity contribution in [2.75, 3.05) is 38.6 Å². The molecular weight excluding hydrogens is 295 g/mol. The Balaban J connectivity index is 2.93. The van der Waals surface area contributed by atoms with Crippen LogP contribution in [0.25, 0.3) is 0 Å². The number of likely N-dealkylation sites (N-methyl/N-ethyl adjacent to an activating group) is 1. The van der Waals surface area contributed by atoms with Gasteiger partial charge in [-0.15, -0.1) is 0 Å². The van der Waals surface area contributed by atoms with E-state index in [1.807, 2.05) is 6.07 Å². The number of rotatable bonds is 7. The Hall–Kier alpha value is -0.610. The monoisotopic (exact) mass is 316 g/mol. The summed E-state index contributed by atoms with van der Waals surface area (Å²) in [4.78, 5) is 4.41. The predicted molar refractivity (Wildman–Crippen MR) is 80.1 cm³/mol. The van der Waals surface area contributed by atoms with Crippen molar-refractivity contribution in [3.05, 3.63) is 29.6 Å². The van der Waals surface area contributed by atoms with Crippen molar-refractivity contribution in [1.29, 1.82) is 0 Å². The third kappa shape index (κ3) is 4.25. The van der Waals surface area contributed by atoms with Crippen molar-refractivity contribution < 1.29 is 4.39 Å². The van der Waals surface area contributed by atoms with E-state index < -0.39 is 0 Å². The van der Waals surface area contributed by atoms with Crippen molar-refractivity contribution in [1.82, 2.24) is 4.90 Å². The van der Waals surface area contributed by atoms with Gasteiger partial charge in [-0.3, -0.25) is 0 Å². The van der Waals surface area contributed by atoms with Gasteiger partial charge in [0, 0.05) is 36.2 Å². The molecule has 1 aromatic rings. The molecule has 1 rings (SSSR count). The maximum atomic E-state index is 13.8. The van der Waals surface area contributed by atoms with Gasteiger partial charge in [0.05, 0.1) is 0 Å². The summed E-state index contributed by atoms with van der Waals surface area (Å²) < 4.78 is 13.8. The summed E-state index contributed by atoms with van der Waals surface area (Å²) in [5.41, 5.74) is 1.76. The molecule has 1 aromatic carbocycles. The van der Waals surface area contributed by atoms with Gasteiger partial charge in [0.1, 0.15) is 5.82 Å². The molecule has 0 unspecified atom stereocenters. The smallest absolute Gasteiger partial charge is 0.129 e. The lowest BCUT2D eigenvalue weighted by Gasteiger charge is -2.28. The highest BCUT2D eigenvalue weighted by Gasteiger charge is 2.13. The van der Waals surface area contributed by atoms with E-state index in [4.69, 9.17) is 0 Å². The van der Waals surface area contributed by atoms with E-state index in [-0.39, 0.29) is 5.82 Å². The fraction of sp³-hybridized carbons (Fsp3) is 0.571. The van der Waals surface area contributed by atoms with Crippen molar-refractivity contribution in [2.45, 2.75) is 18.7 Å². The van der Waals surface area contributed by atoms with E-state index in [9.17, 15) is 4.39 Å². The minimum absolute atomic E-state index is 0.129. The van der Waals surface area contributed by atoms with Gasteiger partial charge in [-0.1, -0.05) is 28.9 Å². The van der Waals surface area contributed by atoms with Crippen LogP contribution >= 0.6 is 15.9 Å². The third-order valence-corrected chi connectivity index (χ3v) is 3.44. The molecule has 0 N–H and O–H groups in total. The van der Waals surface area contributed by atoms with Crippen molar-refractivity contribution in [3.8, 4) is 0 Å². The highest BCUT2D eigenvalue weighted by Crippen LogP contribution is 2.25. The van der Waals surface area contributed by atoms with Crippen LogP contribution in [0.1, 0.15) is 18.9 Å². The van der Waals surface area contributed by atoms with Gasteiger partial charge in [-0.05, 0) is 32.6 Å². The van der Waals surface area contributed by atoms with Crippen LogP contribution in [0.3, 0.4) is 0 Å². The van der Waals surface area contributed by atoms with Gasteiger partial charge in [0.15, 0.2) is 0 Å². The third-order valence-electron chi connectivity index (χ3n) is 2.88. The topological polar surface area (TPSA) is 6.48 Å². The number of benzene rings is 1. The molecule has 0 amide bonds. The number of nitrogens with zero attached hydrogens (tertiary/aromatic N) is 2. The first-order valence-corrected chi connectivity index (χ1v) is 7.45. The Labute approximate surface area is 118 Å². The van der Waals surface area contributed by atoms with Crippen LogP contribution in [0.2, 0.25) is 0 Å². The maximum absolute atomic E-state index is 13.8. The second kappa shape index (κ2) is 7.74. The van der Waals surface area contributed by atoms with Crippen LogP contribution in [0, 0.1) is 5.82 Å². The molecule has 0 saturated heterocycles. The molecular formula is C14H22BrFN2. The van der Waals surface area contributed by atoms with Gasteiger partial charge in [0.2, 0.25) is 0 Å². The summed E-state index contributed by atoms with van der Waals surface area (Å²) in [5, 5.41) is 0.553. The van der Waals surface area contributed by atoms with E-state index in [2.05, 4.69) is 46.7 Å². The van der Waals surface area contributed by atoms with Crippen molar-refractivity contribution >= 4 is 21.6 Å². The van der Waals surface area contributed by atoms with E-state index >= 15 is 0 Å². The molecule has 0 aromatic heterocycles. The van der Waals surface area contributed by atoms with Gasteiger partial charge < -0.3 is 9.80 Å². The molecule has 0 fully saturated rings. The SMILES string of the molecule is CCCN(CCN(C)C)c1cccc(F)c1CBr. The standard InChI is InChI=1S/C14H22BrFN2/c1-4-8-18(10-9-17(2)3)14-7-5-6-13(16)12(14)11-15/h5-7H,4,8-11H2,1-3H3.